The van der Waals surface area contributed by atoms with Crippen LogP contribution in [0.4, 0.5) is 13.2 Å². The van der Waals surface area contributed by atoms with Crippen molar-refractivity contribution in [3.05, 3.63) is 0 Å². The highest BCUT2D eigenvalue weighted by Crippen LogP contribution is 2.29. The molecule has 0 aromatic rings. The fourth-order valence-electron chi connectivity index (χ4n) is 1.60. The Kier molecular flexibility index (Phi) is 4.18. The molecule has 0 aromatic heterocycles. The van der Waals surface area contributed by atoms with Gasteiger partial charge in [-0.1, -0.05) is 6.42 Å². The lowest BCUT2D eigenvalue weighted by Crippen LogP contribution is -2.38. The summed E-state index contributed by atoms with van der Waals surface area (Å²) in [7, 11) is 0. The Hall–Kier alpha value is -0.780. The van der Waals surface area contributed by atoms with E-state index in [1.807, 2.05) is 0 Å². The average molecular weight is 240 g/mol. The van der Waals surface area contributed by atoms with Crippen LogP contribution in [0, 0.1) is 5.92 Å². The number of ether oxygens (including phenoxy) is 1. The normalized spacial score (nSPS) is 28.6. The fraction of sp³-hybridized carbons (Fsp3) is 0.900. The summed E-state index contributed by atoms with van der Waals surface area (Å²) in [5.41, 5.74) is 0. The Morgan fingerprint density at radius 1 is 1.38 bits per heavy atom. The van der Waals surface area contributed by atoms with Crippen molar-refractivity contribution in [3.63, 3.8) is 0 Å². The second-order valence-corrected chi connectivity index (χ2v) is 4.09. The van der Waals surface area contributed by atoms with Crippen molar-refractivity contribution in [3.8, 4) is 0 Å². The number of carbonyl (C=O) groups is 1. The van der Waals surface area contributed by atoms with Crippen molar-refractivity contribution >= 4 is 5.97 Å². The highest BCUT2D eigenvalue weighted by atomic mass is 19.4. The number of aliphatic hydroxyl groups excluding tert-OH is 1. The number of hydrogen-bond acceptors (Lipinski definition) is 3. The lowest BCUT2D eigenvalue weighted by molar-refractivity contribution is -0.202. The third-order valence-electron chi connectivity index (χ3n) is 2.78. The Morgan fingerprint density at radius 3 is 2.44 bits per heavy atom. The van der Waals surface area contributed by atoms with E-state index < -0.39 is 30.3 Å². The molecule has 1 aliphatic rings. The van der Waals surface area contributed by atoms with Crippen LogP contribution in [-0.2, 0) is 9.53 Å². The van der Waals surface area contributed by atoms with E-state index >= 15 is 0 Å². The van der Waals surface area contributed by atoms with Crippen LogP contribution in [0.15, 0.2) is 0 Å². The molecule has 94 valence electrons. The Bertz CT molecular complexity index is 252. The largest absolute Gasteiger partial charge is 0.459 e. The zero-order valence-corrected chi connectivity index (χ0v) is 8.96. The summed E-state index contributed by atoms with van der Waals surface area (Å²) < 4.78 is 41.2. The van der Waals surface area contributed by atoms with Crippen LogP contribution in [0.5, 0.6) is 0 Å². The highest BCUT2D eigenvalue weighted by molar-refractivity contribution is 5.73. The molecule has 0 bridgehead atoms. The first-order chi connectivity index (χ1) is 7.32. The van der Waals surface area contributed by atoms with Gasteiger partial charge in [0.15, 0.2) is 0 Å². The van der Waals surface area contributed by atoms with Gasteiger partial charge in [-0.25, -0.2) is 0 Å². The molecule has 0 radical (unpaired) electrons. The second-order valence-electron chi connectivity index (χ2n) is 4.09. The molecule has 1 saturated carbocycles. The van der Waals surface area contributed by atoms with Crippen LogP contribution in [0.25, 0.3) is 0 Å². The topological polar surface area (TPSA) is 46.5 Å². The van der Waals surface area contributed by atoms with Crippen molar-refractivity contribution in [1.82, 2.24) is 0 Å². The van der Waals surface area contributed by atoms with Gasteiger partial charge in [0.25, 0.3) is 0 Å². The zero-order valence-electron chi connectivity index (χ0n) is 8.96. The molecule has 1 rings (SSSR count). The molecule has 0 aromatic carbocycles. The Morgan fingerprint density at radius 2 is 1.94 bits per heavy atom. The molecule has 0 amide bonds. The van der Waals surface area contributed by atoms with E-state index in [0.29, 0.717) is 12.8 Å². The van der Waals surface area contributed by atoms with Crippen LogP contribution in [-0.4, -0.2) is 29.5 Å². The summed E-state index contributed by atoms with van der Waals surface area (Å²) in [5, 5.41) is 9.44. The van der Waals surface area contributed by atoms with E-state index in [4.69, 9.17) is 0 Å². The van der Waals surface area contributed by atoms with Gasteiger partial charge in [0.2, 0.25) is 0 Å². The number of aliphatic hydroxyl groups is 1. The van der Waals surface area contributed by atoms with Gasteiger partial charge in [0, 0.05) is 0 Å². The van der Waals surface area contributed by atoms with Gasteiger partial charge in [-0.05, 0) is 26.2 Å². The zero-order chi connectivity index (χ0) is 12.3. The summed E-state index contributed by atoms with van der Waals surface area (Å²) in [6.07, 6.45) is -3.74. The minimum atomic E-state index is -4.59. The molecule has 3 atom stereocenters. The van der Waals surface area contributed by atoms with Crippen molar-refractivity contribution < 1.29 is 27.8 Å². The molecule has 0 saturated heterocycles. The molecular formula is C10H15F3O3. The van der Waals surface area contributed by atoms with E-state index in [1.54, 1.807) is 0 Å². The summed E-state index contributed by atoms with van der Waals surface area (Å²) >= 11 is 0. The Labute approximate surface area is 91.6 Å². The molecule has 16 heavy (non-hydrogen) atoms. The van der Waals surface area contributed by atoms with Crippen molar-refractivity contribution in [1.29, 1.82) is 0 Å². The van der Waals surface area contributed by atoms with Gasteiger partial charge in [0.1, 0.15) is 12.0 Å². The molecule has 1 aliphatic carbocycles. The molecule has 1 fully saturated rings. The lowest BCUT2D eigenvalue weighted by Gasteiger charge is -2.28. The first-order valence-electron chi connectivity index (χ1n) is 5.27. The summed E-state index contributed by atoms with van der Waals surface area (Å²) in [4.78, 5) is 11.2. The third-order valence-corrected chi connectivity index (χ3v) is 2.78. The molecular weight excluding hydrogens is 225 g/mol. The lowest BCUT2D eigenvalue weighted by atomic mass is 9.95. The minimum Gasteiger partial charge on any atom is -0.459 e. The number of carbonyl (C=O) groups excluding carboxylic acids is 1. The SMILES string of the molecule is CC(C(=O)OC1CCCCC1O)C(F)(F)F. The van der Waals surface area contributed by atoms with E-state index in [0.717, 1.165) is 19.8 Å². The predicted octanol–water partition coefficient (Wildman–Crippen LogP) is 2.03. The smallest absolute Gasteiger partial charge is 0.401 e. The third kappa shape index (κ3) is 3.37. The monoisotopic (exact) mass is 240 g/mol. The number of hydrogen-bond donors (Lipinski definition) is 1. The van der Waals surface area contributed by atoms with Crippen molar-refractivity contribution in [2.75, 3.05) is 0 Å². The molecule has 0 heterocycles. The van der Waals surface area contributed by atoms with Crippen LogP contribution in [0.3, 0.4) is 0 Å². The van der Waals surface area contributed by atoms with E-state index in [9.17, 15) is 23.1 Å². The average Bonchev–Trinajstić information content (AvgIpc) is 2.19. The number of rotatable bonds is 2. The summed E-state index contributed by atoms with van der Waals surface area (Å²) in [6, 6.07) is 0. The van der Waals surface area contributed by atoms with Crippen LogP contribution < -0.4 is 0 Å². The highest BCUT2D eigenvalue weighted by Gasteiger charge is 2.43. The molecule has 3 nitrogen and oxygen atoms in total. The Balaban J connectivity index is 2.50. The van der Waals surface area contributed by atoms with Gasteiger partial charge < -0.3 is 9.84 Å². The minimum absolute atomic E-state index is 0.428. The van der Waals surface area contributed by atoms with Gasteiger partial charge >= 0.3 is 12.1 Å². The first kappa shape index (κ1) is 13.3. The molecule has 0 aliphatic heterocycles. The molecule has 6 heteroatoms. The van der Waals surface area contributed by atoms with Crippen molar-refractivity contribution in [2.24, 2.45) is 5.92 Å². The summed E-state index contributed by atoms with van der Waals surface area (Å²) in [5.74, 6) is -3.44. The summed E-state index contributed by atoms with van der Waals surface area (Å²) in [6.45, 7) is 0.761. The van der Waals surface area contributed by atoms with Crippen molar-refractivity contribution in [2.45, 2.75) is 51.0 Å². The van der Waals surface area contributed by atoms with E-state index in [1.165, 1.54) is 0 Å². The van der Waals surface area contributed by atoms with Gasteiger partial charge in [0.05, 0.1) is 6.10 Å². The maximum Gasteiger partial charge on any atom is 0.401 e. The first-order valence-corrected chi connectivity index (χ1v) is 5.27. The molecule has 0 spiro atoms. The van der Waals surface area contributed by atoms with Gasteiger partial charge in [-0.2, -0.15) is 13.2 Å². The van der Waals surface area contributed by atoms with Crippen LogP contribution in [0.1, 0.15) is 32.6 Å². The molecule has 1 N–H and O–H groups in total. The number of alkyl halides is 3. The van der Waals surface area contributed by atoms with Crippen LogP contribution in [0.2, 0.25) is 0 Å². The van der Waals surface area contributed by atoms with Gasteiger partial charge in [-0.3, -0.25) is 4.79 Å². The quantitative estimate of drug-likeness (QED) is 0.751. The maximum absolute atomic E-state index is 12.2. The molecule has 3 unspecified atom stereocenters. The van der Waals surface area contributed by atoms with E-state index in [2.05, 4.69) is 4.74 Å². The van der Waals surface area contributed by atoms with Gasteiger partial charge in [-0.15, -0.1) is 0 Å². The fourth-order valence-corrected chi connectivity index (χ4v) is 1.60. The number of halogens is 3. The number of esters is 1. The second kappa shape index (κ2) is 5.03. The standard InChI is InChI=1S/C10H15F3O3/c1-6(10(11,12)13)9(15)16-8-5-3-2-4-7(8)14/h6-8,14H,2-5H2,1H3. The van der Waals surface area contributed by atoms with E-state index in [-0.39, 0.29) is 0 Å². The van der Waals surface area contributed by atoms with Crippen LogP contribution >= 0.6 is 0 Å². The predicted molar refractivity (Wildman–Crippen MR) is 49.6 cm³/mol. The maximum atomic E-state index is 12.2.